The fraction of sp³-hybridized carbons (Fsp3) is 0.353. The van der Waals surface area contributed by atoms with E-state index in [1.165, 1.54) is 0 Å². The predicted octanol–water partition coefficient (Wildman–Crippen LogP) is 3.31. The number of rotatable bonds is 2. The van der Waals surface area contributed by atoms with Gasteiger partial charge in [-0.05, 0) is 44.0 Å². The zero-order chi connectivity index (χ0) is 15.0. The average Bonchev–Trinajstić information content (AvgIpc) is 2.93. The average molecular weight is 284 g/mol. The third-order valence-corrected chi connectivity index (χ3v) is 3.84. The van der Waals surface area contributed by atoms with Crippen molar-refractivity contribution in [3.63, 3.8) is 0 Å². The Morgan fingerprint density at radius 1 is 1.43 bits per heavy atom. The molecule has 0 spiro atoms. The van der Waals surface area contributed by atoms with Crippen LogP contribution < -0.4 is 9.64 Å². The second-order valence-corrected chi connectivity index (χ2v) is 5.54. The van der Waals surface area contributed by atoms with E-state index in [4.69, 9.17) is 4.74 Å². The van der Waals surface area contributed by atoms with Crippen LogP contribution in [0.25, 0.3) is 0 Å². The molecule has 0 aliphatic carbocycles. The van der Waals surface area contributed by atoms with Crippen LogP contribution in [-0.2, 0) is 6.42 Å². The molecule has 0 bridgehead atoms. The number of carbonyl (C=O) groups is 1. The highest BCUT2D eigenvalue weighted by Crippen LogP contribution is 2.35. The number of hydrogen-bond donors (Lipinski definition) is 1. The Hall–Kier alpha value is -2.23. The Balaban J connectivity index is 2.01. The first kappa shape index (κ1) is 13.7. The lowest BCUT2D eigenvalue weighted by molar-refractivity contribution is 0.0960. The van der Waals surface area contributed by atoms with Gasteiger partial charge in [-0.2, -0.15) is 0 Å². The summed E-state index contributed by atoms with van der Waals surface area (Å²) in [5.41, 5.74) is 3.71. The van der Waals surface area contributed by atoms with Crippen molar-refractivity contribution in [2.75, 3.05) is 11.4 Å². The van der Waals surface area contributed by atoms with Crippen LogP contribution in [0.15, 0.2) is 30.5 Å². The van der Waals surface area contributed by atoms with E-state index in [0.717, 1.165) is 34.7 Å². The molecule has 0 saturated heterocycles. The summed E-state index contributed by atoms with van der Waals surface area (Å²) in [4.78, 5) is 17.8. The van der Waals surface area contributed by atoms with Gasteiger partial charge >= 0.3 is 0 Å². The Labute approximate surface area is 124 Å². The minimum atomic E-state index is -0.00716. The van der Waals surface area contributed by atoms with Gasteiger partial charge in [-0.1, -0.05) is 13.0 Å². The number of anilines is 1. The van der Waals surface area contributed by atoms with Crippen molar-refractivity contribution < 1.29 is 9.53 Å². The SMILES string of the molecule is CCc1[nH]ccc1C(=O)N1CC(C)Oc2cc(C)ccc21. The monoisotopic (exact) mass is 284 g/mol. The topological polar surface area (TPSA) is 45.3 Å². The highest BCUT2D eigenvalue weighted by atomic mass is 16.5. The lowest BCUT2D eigenvalue weighted by Crippen LogP contribution is -2.42. The zero-order valence-electron chi connectivity index (χ0n) is 12.6. The van der Waals surface area contributed by atoms with Gasteiger partial charge in [0.25, 0.3) is 5.91 Å². The number of aryl methyl sites for hydroxylation is 2. The maximum absolute atomic E-state index is 12.9. The molecule has 0 radical (unpaired) electrons. The molecule has 1 N–H and O–H groups in total. The first-order valence-electron chi connectivity index (χ1n) is 7.35. The molecule has 2 aromatic rings. The van der Waals surface area contributed by atoms with Crippen molar-refractivity contribution in [3.8, 4) is 5.75 Å². The summed E-state index contributed by atoms with van der Waals surface area (Å²) in [5.74, 6) is 0.823. The minimum absolute atomic E-state index is 0.00716. The van der Waals surface area contributed by atoms with Gasteiger partial charge in [-0.3, -0.25) is 4.79 Å². The van der Waals surface area contributed by atoms with Crippen LogP contribution in [0, 0.1) is 6.92 Å². The van der Waals surface area contributed by atoms with Crippen LogP contribution in [0.1, 0.15) is 35.5 Å². The number of hydrogen-bond acceptors (Lipinski definition) is 2. The molecule has 4 nitrogen and oxygen atoms in total. The molecular formula is C17H20N2O2. The van der Waals surface area contributed by atoms with Crippen LogP contribution in [0.4, 0.5) is 5.69 Å². The van der Waals surface area contributed by atoms with Crippen LogP contribution in [0.5, 0.6) is 5.75 Å². The van der Waals surface area contributed by atoms with Crippen molar-refractivity contribution in [2.45, 2.75) is 33.3 Å². The van der Waals surface area contributed by atoms with Crippen molar-refractivity contribution >= 4 is 11.6 Å². The molecule has 0 fully saturated rings. The maximum atomic E-state index is 12.9. The fourth-order valence-corrected chi connectivity index (χ4v) is 2.78. The minimum Gasteiger partial charge on any atom is -0.487 e. The summed E-state index contributed by atoms with van der Waals surface area (Å²) in [6.45, 7) is 6.63. The van der Waals surface area contributed by atoms with E-state index in [1.807, 2.05) is 56.1 Å². The molecule has 1 unspecified atom stereocenters. The van der Waals surface area contributed by atoms with Gasteiger partial charge in [-0.15, -0.1) is 0 Å². The molecule has 4 heteroatoms. The molecule has 21 heavy (non-hydrogen) atoms. The van der Waals surface area contributed by atoms with Gasteiger partial charge in [-0.25, -0.2) is 0 Å². The lowest BCUT2D eigenvalue weighted by atomic mass is 10.1. The van der Waals surface area contributed by atoms with Crippen LogP contribution in [-0.4, -0.2) is 23.5 Å². The van der Waals surface area contributed by atoms with E-state index in [-0.39, 0.29) is 12.0 Å². The number of carbonyl (C=O) groups excluding carboxylic acids is 1. The van der Waals surface area contributed by atoms with E-state index in [9.17, 15) is 4.79 Å². The molecule has 1 amide bonds. The number of H-pyrrole nitrogens is 1. The van der Waals surface area contributed by atoms with Gasteiger partial charge in [0, 0.05) is 11.9 Å². The normalized spacial score (nSPS) is 17.3. The number of ether oxygens (including phenoxy) is 1. The summed E-state index contributed by atoms with van der Waals surface area (Å²) in [5, 5.41) is 0. The first-order valence-corrected chi connectivity index (χ1v) is 7.35. The summed E-state index contributed by atoms with van der Waals surface area (Å²) >= 11 is 0. The zero-order valence-corrected chi connectivity index (χ0v) is 12.6. The van der Waals surface area contributed by atoms with Crippen LogP contribution >= 0.6 is 0 Å². The van der Waals surface area contributed by atoms with E-state index < -0.39 is 0 Å². The van der Waals surface area contributed by atoms with Gasteiger partial charge in [0.2, 0.25) is 0 Å². The van der Waals surface area contributed by atoms with Gasteiger partial charge in [0.05, 0.1) is 17.8 Å². The lowest BCUT2D eigenvalue weighted by Gasteiger charge is -2.33. The number of fused-ring (bicyclic) bond motifs is 1. The second-order valence-electron chi connectivity index (χ2n) is 5.54. The summed E-state index contributed by atoms with van der Waals surface area (Å²) < 4.78 is 5.87. The molecule has 2 heterocycles. The van der Waals surface area contributed by atoms with Crippen molar-refractivity contribution in [1.29, 1.82) is 0 Å². The van der Waals surface area contributed by atoms with Gasteiger partial charge in [0.1, 0.15) is 11.9 Å². The van der Waals surface area contributed by atoms with Gasteiger partial charge in [0.15, 0.2) is 0 Å². The summed E-state index contributed by atoms with van der Waals surface area (Å²) in [6.07, 6.45) is 2.63. The highest BCUT2D eigenvalue weighted by molar-refractivity contribution is 6.08. The van der Waals surface area contributed by atoms with Crippen molar-refractivity contribution in [1.82, 2.24) is 4.98 Å². The van der Waals surface area contributed by atoms with E-state index in [1.54, 1.807) is 0 Å². The van der Waals surface area contributed by atoms with E-state index in [2.05, 4.69) is 4.98 Å². The predicted molar refractivity (Wildman–Crippen MR) is 83.1 cm³/mol. The number of benzene rings is 1. The quantitative estimate of drug-likeness (QED) is 0.919. The Kier molecular flexibility index (Phi) is 3.45. The Morgan fingerprint density at radius 3 is 3.00 bits per heavy atom. The van der Waals surface area contributed by atoms with Crippen molar-refractivity contribution in [2.24, 2.45) is 0 Å². The summed E-state index contributed by atoms with van der Waals surface area (Å²) in [7, 11) is 0. The van der Waals surface area contributed by atoms with Gasteiger partial charge < -0.3 is 14.6 Å². The number of nitrogens with one attached hydrogen (secondary N) is 1. The van der Waals surface area contributed by atoms with E-state index >= 15 is 0 Å². The fourth-order valence-electron chi connectivity index (χ4n) is 2.78. The number of aromatic amines is 1. The molecule has 110 valence electrons. The highest BCUT2D eigenvalue weighted by Gasteiger charge is 2.29. The standard InChI is InChI=1S/C17H20N2O2/c1-4-14-13(7-8-18-14)17(20)19-10-12(3)21-16-9-11(2)5-6-15(16)19/h5-9,12,18H,4,10H2,1-3H3. The molecule has 3 rings (SSSR count). The third kappa shape index (κ3) is 2.42. The maximum Gasteiger partial charge on any atom is 0.260 e. The smallest absolute Gasteiger partial charge is 0.260 e. The number of nitrogens with zero attached hydrogens (tertiary/aromatic N) is 1. The molecule has 0 saturated carbocycles. The largest absolute Gasteiger partial charge is 0.487 e. The number of amides is 1. The van der Waals surface area contributed by atoms with Crippen LogP contribution in [0.3, 0.4) is 0 Å². The molecule has 1 aliphatic heterocycles. The Morgan fingerprint density at radius 2 is 2.24 bits per heavy atom. The first-order chi connectivity index (χ1) is 10.1. The molecule has 1 atom stereocenters. The van der Waals surface area contributed by atoms with E-state index in [0.29, 0.717) is 6.54 Å². The Bertz CT molecular complexity index is 675. The van der Waals surface area contributed by atoms with Crippen LogP contribution in [0.2, 0.25) is 0 Å². The second kappa shape index (κ2) is 5.28. The third-order valence-electron chi connectivity index (χ3n) is 3.84. The summed E-state index contributed by atoms with van der Waals surface area (Å²) in [6, 6.07) is 7.82. The molecule has 1 aromatic heterocycles. The molecule has 1 aliphatic rings. The number of aromatic nitrogens is 1. The molecular weight excluding hydrogens is 264 g/mol. The van der Waals surface area contributed by atoms with Crippen molar-refractivity contribution in [3.05, 3.63) is 47.3 Å². The molecule has 1 aromatic carbocycles.